The van der Waals surface area contributed by atoms with E-state index in [1.807, 2.05) is 24.3 Å². The monoisotopic (exact) mass is 506 g/mol. The van der Waals surface area contributed by atoms with Crippen molar-refractivity contribution in [2.75, 3.05) is 26.9 Å². The van der Waals surface area contributed by atoms with Gasteiger partial charge in [-0.2, -0.15) is 0 Å². The van der Waals surface area contributed by atoms with E-state index in [9.17, 15) is 9.59 Å². The van der Waals surface area contributed by atoms with Crippen LogP contribution in [0.25, 0.3) is 0 Å². The molecule has 182 valence electrons. The standard InChI is InChI=1S/C25H28Cl2N2O5/c1-32-25(31)21(29-24(30)23-19(26)6-5-7-20(23)27)16-17-9-11-18(12-10-17)33-14-4-2-3-8-22-28-13-15-34-22/h5-7,9-12,21H,2-4,8,13-16H2,1H3,(H,29,30)/t21-/m0/s1. The molecule has 2 aromatic carbocycles. The molecule has 0 fully saturated rings. The van der Waals surface area contributed by atoms with Crippen molar-refractivity contribution in [2.24, 2.45) is 4.99 Å². The first kappa shape index (κ1) is 25.8. The number of amides is 1. The lowest BCUT2D eigenvalue weighted by molar-refractivity contribution is -0.142. The van der Waals surface area contributed by atoms with Gasteiger partial charge in [0, 0.05) is 12.8 Å². The van der Waals surface area contributed by atoms with Crippen molar-refractivity contribution in [3.63, 3.8) is 0 Å². The molecule has 0 bridgehead atoms. The maximum absolute atomic E-state index is 12.7. The zero-order valence-electron chi connectivity index (χ0n) is 19.0. The Hall–Kier alpha value is -2.77. The second kappa shape index (κ2) is 13.2. The SMILES string of the molecule is COC(=O)[C@H](Cc1ccc(OCCCCCC2=NCCO2)cc1)NC(=O)c1c(Cl)cccc1Cl. The summed E-state index contributed by atoms with van der Waals surface area (Å²) in [7, 11) is 1.27. The summed E-state index contributed by atoms with van der Waals surface area (Å²) >= 11 is 12.2. The average molecular weight is 507 g/mol. The van der Waals surface area contributed by atoms with E-state index in [1.165, 1.54) is 7.11 Å². The number of carbonyl (C=O) groups is 2. The second-order valence-electron chi connectivity index (χ2n) is 7.78. The number of benzene rings is 2. The fourth-order valence-corrected chi connectivity index (χ4v) is 4.08. The molecule has 34 heavy (non-hydrogen) atoms. The number of esters is 1. The molecule has 1 N–H and O–H groups in total. The summed E-state index contributed by atoms with van der Waals surface area (Å²) in [5, 5.41) is 3.08. The summed E-state index contributed by atoms with van der Waals surface area (Å²) < 4.78 is 16.1. The zero-order chi connectivity index (χ0) is 24.3. The van der Waals surface area contributed by atoms with Crippen LogP contribution in [0.5, 0.6) is 5.75 Å². The molecule has 1 aliphatic rings. The van der Waals surface area contributed by atoms with Crippen molar-refractivity contribution in [3.05, 3.63) is 63.6 Å². The third-order valence-corrected chi connectivity index (χ3v) is 5.93. The van der Waals surface area contributed by atoms with Gasteiger partial charge in [0.05, 0.1) is 35.9 Å². The fraction of sp³-hybridized carbons (Fsp3) is 0.400. The number of unbranched alkanes of at least 4 members (excludes halogenated alkanes) is 2. The van der Waals surface area contributed by atoms with Crippen LogP contribution in [0.15, 0.2) is 47.5 Å². The minimum Gasteiger partial charge on any atom is -0.494 e. The molecule has 0 unspecified atom stereocenters. The summed E-state index contributed by atoms with van der Waals surface area (Å²) in [6, 6.07) is 11.3. The van der Waals surface area contributed by atoms with E-state index in [4.69, 9.17) is 37.4 Å². The number of rotatable bonds is 12. The molecular weight excluding hydrogens is 479 g/mol. The Bertz CT molecular complexity index is 991. The molecule has 2 aromatic rings. The number of methoxy groups -OCH3 is 1. The van der Waals surface area contributed by atoms with Crippen molar-refractivity contribution in [2.45, 2.75) is 38.1 Å². The van der Waals surface area contributed by atoms with E-state index in [2.05, 4.69) is 10.3 Å². The van der Waals surface area contributed by atoms with Crippen molar-refractivity contribution in [3.8, 4) is 5.75 Å². The molecule has 9 heteroatoms. The minimum absolute atomic E-state index is 0.118. The molecule has 1 heterocycles. The van der Waals surface area contributed by atoms with Crippen molar-refractivity contribution < 1.29 is 23.8 Å². The Kier molecular flexibility index (Phi) is 10.0. The maximum atomic E-state index is 12.7. The predicted octanol–water partition coefficient (Wildman–Crippen LogP) is 4.88. The number of nitrogens with one attached hydrogen (secondary N) is 1. The smallest absolute Gasteiger partial charge is 0.328 e. The lowest BCUT2D eigenvalue weighted by Gasteiger charge is -2.18. The first-order valence-electron chi connectivity index (χ1n) is 11.2. The lowest BCUT2D eigenvalue weighted by atomic mass is 10.0. The predicted molar refractivity (Wildman–Crippen MR) is 132 cm³/mol. The summed E-state index contributed by atoms with van der Waals surface area (Å²) in [5.41, 5.74) is 0.956. The normalized spacial score (nSPS) is 13.6. The van der Waals surface area contributed by atoms with E-state index in [-0.39, 0.29) is 22.0 Å². The Balaban J connectivity index is 1.48. The van der Waals surface area contributed by atoms with Gasteiger partial charge >= 0.3 is 5.97 Å². The van der Waals surface area contributed by atoms with E-state index in [1.54, 1.807) is 18.2 Å². The van der Waals surface area contributed by atoms with Crippen LogP contribution < -0.4 is 10.1 Å². The van der Waals surface area contributed by atoms with Gasteiger partial charge in [-0.1, -0.05) is 41.4 Å². The van der Waals surface area contributed by atoms with E-state index < -0.39 is 17.9 Å². The van der Waals surface area contributed by atoms with E-state index in [0.29, 0.717) is 13.2 Å². The number of hydrogen-bond acceptors (Lipinski definition) is 6. The van der Waals surface area contributed by atoms with Gasteiger partial charge in [0.2, 0.25) is 0 Å². The molecule has 1 amide bonds. The molecule has 0 saturated carbocycles. The highest BCUT2D eigenvalue weighted by Crippen LogP contribution is 2.24. The Morgan fingerprint density at radius 1 is 1.09 bits per heavy atom. The number of nitrogens with zero attached hydrogens (tertiary/aromatic N) is 1. The Morgan fingerprint density at radius 2 is 1.82 bits per heavy atom. The fourth-order valence-electron chi connectivity index (χ4n) is 3.51. The number of carbonyl (C=O) groups excluding carboxylic acids is 2. The molecule has 0 spiro atoms. The molecule has 1 aliphatic heterocycles. The molecule has 1 atom stereocenters. The van der Waals surface area contributed by atoms with Gasteiger partial charge in [0.15, 0.2) is 5.90 Å². The maximum Gasteiger partial charge on any atom is 0.328 e. The number of ether oxygens (including phenoxy) is 3. The van der Waals surface area contributed by atoms with Crippen LogP contribution in [0.3, 0.4) is 0 Å². The van der Waals surface area contributed by atoms with Crippen LogP contribution in [0.4, 0.5) is 0 Å². The summed E-state index contributed by atoms with van der Waals surface area (Å²) in [4.78, 5) is 29.3. The molecule has 0 aromatic heterocycles. The largest absolute Gasteiger partial charge is 0.494 e. The first-order chi connectivity index (χ1) is 16.5. The van der Waals surface area contributed by atoms with Gasteiger partial charge < -0.3 is 19.5 Å². The van der Waals surface area contributed by atoms with E-state index in [0.717, 1.165) is 49.4 Å². The van der Waals surface area contributed by atoms with Crippen LogP contribution in [-0.4, -0.2) is 50.7 Å². The first-order valence-corrected chi connectivity index (χ1v) is 11.9. The van der Waals surface area contributed by atoms with Crippen molar-refractivity contribution >= 4 is 41.0 Å². The third-order valence-electron chi connectivity index (χ3n) is 5.30. The minimum atomic E-state index is -0.898. The Morgan fingerprint density at radius 3 is 2.47 bits per heavy atom. The molecule has 7 nitrogen and oxygen atoms in total. The molecular formula is C25H28Cl2N2O5. The molecule has 3 rings (SSSR count). The van der Waals surface area contributed by atoms with Crippen LogP contribution in [0.1, 0.15) is 41.6 Å². The number of aliphatic imine (C=N–C) groups is 1. The summed E-state index contributed by atoms with van der Waals surface area (Å²) in [6.45, 7) is 2.10. The quantitative estimate of drug-likeness (QED) is 0.327. The average Bonchev–Trinajstić information content (AvgIpc) is 3.35. The molecule has 0 aliphatic carbocycles. The Labute approximate surface area is 209 Å². The van der Waals surface area contributed by atoms with Gasteiger partial charge in [-0.05, 0) is 49.1 Å². The van der Waals surface area contributed by atoms with Crippen molar-refractivity contribution in [1.82, 2.24) is 5.32 Å². The third kappa shape index (κ3) is 7.64. The van der Waals surface area contributed by atoms with Gasteiger partial charge in [-0.3, -0.25) is 9.79 Å². The van der Waals surface area contributed by atoms with Gasteiger partial charge in [0.1, 0.15) is 18.4 Å². The van der Waals surface area contributed by atoms with Crippen LogP contribution in [0, 0.1) is 0 Å². The number of halogens is 2. The summed E-state index contributed by atoms with van der Waals surface area (Å²) in [6.07, 6.45) is 4.13. The molecule has 0 radical (unpaired) electrons. The number of hydrogen-bond donors (Lipinski definition) is 1. The highest BCUT2D eigenvalue weighted by molar-refractivity contribution is 6.39. The van der Waals surface area contributed by atoms with Crippen LogP contribution in [0.2, 0.25) is 10.0 Å². The highest BCUT2D eigenvalue weighted by atomic mass is 35.5. The van der Waals surface area contributed by atoms with Gasteiger partial charge in [-0.15, -0.1) is 0 Å². The zero-order valence-corrected chi connectivity index (χ0v) is 20.5. The van der Waals surface area contributed by atoms with Gasteiger partial charge in [-0.25, -0.2) is 4.79 Å². The van der Waals surface area contributed by atoms with Gasteiger partial charge in [0.25, 0.3) is 5.91 Å². The van der Waals surface area contributed by atoms with Crippen LogP contribution >= 0.6 is 23.2 Å². The highest BCUT2D eigenvalue weighted by Gasteiger charge is 2.25. The molecule has 0 saturated heterocycles. The second-order valence-corrected chi connectivity index (χ2v) is 8.59. The summed E-state index contributed by atoms with van der Waals surface area (Å²) in [5.74, 6) is 0.505. The topological polar surface area (TPSA) is 86.2 Å². The lowest BCUT2D eigenvalue weighted by Crippen LogP contribution is -2.43. The van der Waals surface area contributed by atoms with Crippen LogP contribution in [-0.2, 0) is 20.7 Å². The van der Waals surface area contributed by atoms with Crippen molar-refractivity contribution in [1.29, 1.82) is 0 Å². The van der Waals surface area contributed by atoms with E-state index >= 15 is 0 Å².